The molecule has 1 amide bonds. The lowest BCUT2D eigenvalue weighted by Gasteiger charge is -2.36. The first-order valence-electron chi connectivity index (χ1n) is 10.5. The van der Waals surface area contributed by atoms with Crippen LogP contribution in [-0.4, -0.2) is 36.5 Å². The molecular formula is C23H22FN7O. The third-order valence-corrected chi connectivity index (χ3v) is 5.73. The zero-order chi connectivity index (χ0) is 22.1. The summed E-state index contributed by atoms with van der Waals surface area (Å²) in [7, 11) is 0. The fourth-order valence-electron chi connectivity index (χ4n) is 3.93. The highest BCUT2D eigenvalue weighted by molar-refractivity contribution is 5.92. The number of carbonyl (C=O) groups excluding carboxylic acids is 1. The largest absolute Gasteiger partial charge is 0.364 e. The van der Waals surface area contributed by atoms with Gasteiger partial charge < -0.3 is 15.2 Å². The van der Waals surface area contributed by atoms with Crippen LogP contribution in [0.3, 0.4) is 0 Å². The average Bonchev–Trinajstić information content (AvgIpc) is 3.19. The molecule has 2 N–H and O–H groups in total. The highest BCUT2D eigenvalue weighted by atomic mass is 19.1. The summed E-state index contributed by atoms with van der Waals surface area (Å²) in [6, 6.07) is 12.3. The molecule has 8 nitrogen and oxygen atoms in total. The van der Waals surface area contributed by atoms with Gasteiger partial charge in [-0.15, -0.1) is 0 Å². The van der Waals surface area contributed by atoms with E-state index in [0.717, 1.165) is 18.5 Å². The normalized spacial score (nSPS) is 17.7. The van der Waals surface area contributed by atoms with Crippen molar-refractivity contribution < 1.29 is 9.18 Å². The molecule has 9 heteroatoms. The number of rotatable bonds is 6. The lowest BCUT2D eigenvalue weighted by atomic mass is 9.86. The second-order valence-corrected chi connectivity index (χ2v) is 7.95. The maximum absolute atomic E-state index is 13.9. The number of nitrogens with one attached hydrogen (secondary N) is 2. The predicted molar refractivity (Wildman–Crippen MR) is 118 cm³/mol. The van der Waals surface area contributed by atoms with Crippen LogP contribution in [0.15, 0.2) is 55.1 Å². The first-order valence-corrected chi connectivity index (χ1v) is 10.5. The molecule has 1 aromatic carbocycles. The molecule has 0 aliphatic heterocycles. The second kappa shape index (κ2) is 8.33. The number of carbonyl (C=O) groups is 1. The number of benzene rings is 1. The number of hydrogen-bond donors (Lipinski definition) is 2. The van der Waals surface area contributed by atoms with Gasteiger partial charge in [-0.1, -0.05) is 24.3 Å². The van der Waals surface area contributed by atoms with E-state index in [0.29, 0.717) is 34.8 Å². The van der Waals surface area contributed by atoms with E-state index in [1.165, 1.54) is 12.4 Å². The van der Waals surface area contributed by atoms with Gasteiger partial charge in [0.2, 0.25) is 0 Å². The van der Waals surface area contributed by atoms with Gasteiger partial charge in [0.15, 0.2) is 11.5 Å². The fraction of sp³-hybridized carbons (Fsp3) is 0.261. The zero-order valence-corrected chi connectivity index (χ0v) is 17.5. The highest BCUT2D eigenvalue weighted by Gasteiger charge is 2.33. The van der Waals surface area contributed by atoms with Gasteiger partial charge in [-0.2, -0.15) is 0 Å². The molecule has 1 aliphatic carbocycles. The fourth-order valence-corrected chi connectivity index (χ4v) is 3.93. The van der Waals surface area contributed by atoms with Gasteiger partial charge in [0.05, 0.1) is 6.33 Å². The SMILES string of the molecule is Cc1cccc(C(=O)NC2CC(n3cnc4c(NCc5ccccc5F)ncnc43)C2)n1. The molecule has 0 bridgehead atoms. The molecule has 0 radical (unpaired) electrons. The minimum atomic E-state index is -0.265. The van der Waals surface area contributed by atoms with Crippen LogP contribution in [0.5, 0.6) is 0 Å². The molecule has 0 atom stereocenters. The number of hydrogen-bond acceptors (Lipinski definition) is 6. The maximum atomic E-state index is 13.9. The Labute approximate surface area is 184 Å². The van der Waals surface area contributed by atoms with Gasteiger partial charge in [0.25, 0.3) is 5.91 Å². The van der Waals surface area contributed by atoms with Crippen molar-refractivity contribution in [2.75, 3.05) is 5.32 Å². The Morgan fingerprint density at radius 1 is 1.12 bits per heavy atom. The first kappa shape index (κ1) is 20.0. The monoisotopic (exact) mass is 431 g/mol. The van der Waals surface area contributed by atoms with Crippen LogP contribution in [0.4, 0.5) is 10.2 Å². The average molecular weight is 431 g/mol. The standard InChI is InChI=1S/C23H22FN7O/c1-14-5-4-8-19(29-14)23(32)30-16-9-17(10-16)31-13-28-20-21(26-12-27-22(20)31)25-11-15-6-2-3-7-18(15)24/h2-8,12-13,16-17H,9-11H2,1H3,(H,30,32)(H,25,26,27). The first-order chi connectivity index (χ1) is 15.6. The van der Waals surface area contributed by atoms with Crippen LogP contribution in [0.25, 0.3) is 11.2 Å². The molecule has 0 spiro atoms. The number of fused-ring (bicyclic) bond motifs is 1. The Balaban J connectivity index is 1.25. The molecule has 0 saturated heterocycles. The highest BCUT2D eigenvalue weighted by Crippen LogP contribution is 2.35. The minimum absolute atomic E-state index is 0.0766. The van der Waals surface area contributed by atoms with Crippen LogP contribution >= 0.6 is 0 Å². The Morgan fingerprint density at radius 3 is 2.78 bits per heavy atom. The summed E-state index contributed by atoms with van der Waals surface area (Å²) in [6.07, 6.45) is 4.79. The quantitative estimate of drug-likeness (QED) is 0.486. The number of aromatic nitrogens is 5. The van der Waals surface area contributed by atoms with Crippen LogP contribution in [-0.2, 0) is 6.54 Å². The van der Waals surface area contributed by atoms with E-state index < -0.39 is 0 Å². The summed E-state index contributed by atoms with van der Waals surface area (Å²) < 4.78 is 15.9. The molecule has 1 fully saturated rings. The summed E-state index contributed by atoms with van der Waals surface area (Å²) in [5.74, 6) is 0.139. The number of pyridine rings is 1. The Hall–Kier alpha value is -3.88. The van der Waals surface area contributed by atoms with Gasteiger partial charge in [-0.05, 0) is 38.0 Å². The number of halogens is 1. The minimum Gasteiger partial charge on any atom is -0.364 e. The van der Waals surface area contributed by atoms with E-state index in [-0.39, 0.29) is 23.8 Å². The molecule has 3 aromatic heterocycles. The molecule has 1 saturated carbocycles. The molecular weight excluding hydrogens is 409 g/mol. The van der Waals surface area contributed by atoms with E-state index in [4.69, 9.17) is 0 Å². The van der Waals surface area contributed by atoms with E-state index in [2.05, 4.69) is 30.6 Å². The summed E-state index contributed by atoms with van der Waals surface area (Å²) in [4.78, 5) is 29.9. The second-order valence-electron chi connectivity index (χ2n) is 7.95. The van der Waals surface area contributed by atoms with E-state index in [1.807, 2.05) is 23.6 Å². The molecule has 5 rings (SSSR count). The lowest BCUT2D eigenvalue weighted by molar-refractivity contribution is 0.0889. The van der Waals surface area contributed by atoms with Gasteiger partial charge in [0.1, 0.15) is 23.4 Å². The molecule has 3 heterocycles. The third kappa shape index (κ3) is 3.89. The molecule has 4 aromatic rings. The van der Waals surface area contributed by atoms with Crippen molar-refractivity contribution in [3.8, 4) is 0 Å². The van der Waals surface area contributed by atoms with Gasteiger partial charge in [0, 0.05) is 29.9 Å². The van der Waals surface area contributed by atoms with E-state index >= 15 is 0 Å². The zero-order valence-electron chi connectivity index (χ0n) is 17.5. The maximum Gasteiger partial charge on any atom is 0.270 e. The van der Waals surface area contributed by atoms with Crippen LogP contribution < -0.4 is 10.6 Å². The van der Waals surface area contributed by atoms with Gasteiger partial charge >= 0.3 is 0 Å². The van der Waals surface area contributed by atoms with E-state index in [9.17, 15) is 9.18 Å². The molecule has 32 heavy (non-hydrogen) atoms. The summed E-state index contributed by atoms with van der Waals surface area (Å²) >= 11 is 0. The Kier molecular flexibility index (Phi) is 5.22. The summed E-state index contributed by atoms with van der Waals surface area (Å²) in [5, 5.41) is 6.20. The topological polar surface area (TPSA) is 97.6 Å². The Morgan fingerprint density at radius 2 is 1.97 bits per heavy atom. The number of amides is 1. The van der Waals surface area contributed by atoms with E-state index in [1.54, 1.807) is 30.6 Å². The predicted octanol–water partition coefficient (Wildman–Crippen LogP) is 3.41. The van der Waals surface area contributed by atoms with Crippen molar-refractivity contribution in [2.24, 2.45) is 0 Å². The smallest absolute Gasteiger partial charge is 0.270 e. The van der Waals surface area contributed by atoms with Crippen molar-refractivity contribution in [3.05, 3.63) is 77.9 Å². The molecule has 162 valence electrons. The number of nitrogens with zero attached hydrogens (tertiary/aromatic N) is 5. The van der Waals surface area contributed by atoms with Crippen molar-refractivity contribution in [3.63, 3.8) is 0 Å². The number of imidazole rings is 1. The number of aryl methyl sites for hydroxylation is 1. The Bertz CT molecular complexity index is 1280. The van der Waals surface area contributed by atoms with Crippen molar-refractivity contribution in [2.45, 2.75) is 38.4 Å². The van der Waals surface area contributed by atoms with Gasteiger partial charge in [-0.25, -0.2) is 24.3 Å². The van der Waals surface area contributed by atoms with Crippen LogP contribution in [0.1, 0.15) is 40.6 Å². The summed E-state index contributed by atoms with van der Waals surface area (Å²) in [6.45, 7) is 2.16. The van der Waals surface area contributed by atoms with Crippen molar-refractivity contribution in [1.29, 1.82) is 0 Å². The van der Waals surface area contributed by atoms with Crippen LogP contribution in [0.2, 0.25) is 0 Å². The van der Waals surface area contributed by atoms with Crippen molar-refractivity contribution in [1.82, 2.24) is 29.8 Å². The third-order valence-electron chi connectivity index (χ3n) is 5.73. The van der Waals surface area contributed by atoms with Crippen molar-refractivity contribution >= 4 is 22.9 Å². The summed E-state index contributed by atoms with van der Waals surface area (Å²) in [5.41, 5.74) is 3.15. The van der Waals surface area contributed by atoms with Gasteiger partial charge in [-0.3, -0.25) is 4.79 Å². The number of anilines is 1. The molecule has 0 unspecified atom stereocenters. The van der Waals surface area contributed by atoms with Crippen LogP contribution in [0, 0.1) is 12.7 Å². The lowest BCUT2D eigenvalue weighted by Crippen LogP contribution is -2.45. The molecule has 1 aliphatic rings.